The van der Waals surface area contributed by atoms with Gasteiger partial charge < -0.3 is 19.5 Å². The van der Waals surface area contributed by atoms with Crippen molar-refractivity contribution < 1.29 is 14.3 Å². The lowest BCUT2D eigenvalue weighted by Crippen LogP contribution is -2.50. The van der Waals surface area contributed by atoms with Crippen molar-refractivity contribution >= 4 is 22.7 Å². The van der Waals surface area contributed by atoms with Crippen molar-refractivity contribution in [1.82, 2.24) is 14.8 Å². The smallest absolute Gasteiger partial charge is 0.243 e. The molecular formula is C21H21N3O3. The second kappa shape index (κ2) is 7.53. The number of benzene rings is 2. The molecular weight excluding hydrogens is 342 g/mol. The van der Waals surface area contributed by atoms with E-state index in [4.69, 9.17) is 4.74 Å². The molecule has 4 rings (SSSR count). The highest BCUT2D eigenvalue weighted by molar-refractivity contribution is 5.87. The van der Waals surface area contributed by atoms with Crippen LogP contribution in [0.2, 0.25) is 0 Å². The molecule has 0 spiro atoms. The Hall–Kier alpha value is -3.28. The van der Waals surface area contributed by atoms with Crippen LogP contribution in [-0.4, -0.2) is 40.9 Å². The number of fused-ring (bicyclic) bond motifs is 1. The second-order valence-electron chi connectivity index (χ2n) is 6.60. The summed E-state index contributed by atoms with van der Waals surface area (Å²) in [7, 11) is 0. The molecule has 6 heteroatoms. The number of hydrogen-bond acceptors (Lipinski definition) is 3. The summed E-state index contributed by atoms with van der Waals surface area (Å²) in [4.78, 5) is 25.5. The molecule has 1 aliphatic heterocycles. The molecule has 0 aliphatic carbocycles. The minimum atomic E-state index is -0.104. The zero-order valence-corrected chi connectivity index (χ0v) is 14.9. The highest BCUT2D eigenvalue weighted by Crippen LogP contribution is 2.23. The zero-order chi connectivity index (χ0) is 18.6. The largest absolute Gasteiger partial charge is 0.489 e. The number of piperazine rings is 1. The maximum Gasteiger partial charge on any atom is 0.243 e. The van der Waals surface area contributed by atoms with Crippen LogP contribution in [-0.2, 0) is 22.7 Å². The van der Waals surface area contributed by atoms with Gasteiger partial charge in [0.05, 0.1) is 6.54 Å². The van der Waals surface area contributed by atoms with E-state index < -0.39 is 0 Å². The molecule has 1 N–H and O–H groups in total. The van der Waals surface area contributed by atoms with Gasteiger partial charge in [0.15, 0.2) is 0 Å². The van der Waals surface area contributed by atoms with Crippen LogP contribution in [0.5, 0.6) is 5.75 Å². The van der Waals surface area contributed by atoms with Gasteiger partial charge in [0, 0.05) is 30.2 Å². The molecule has 1 saturated heterocycles. The van der Waals surface area contributed by atoms with E-state index in [-0.39, 0.29) is 24.9 Å². The number of carbonyl (C=O) groups is 2. The molecule has 138 valence electrons. The molecule has 0 unspecified atom stereocenters. The summed E-state index contributed by atoms with van der Waals surface area (Å²) in [6.45, 7) is 1.94. The number of ether oxygens (including phenoxy) is 1. The summed E-state index contributed by atoms with van der Waals surface area (Å²) in [6, 6.07) is 17.9. The molecule has 1 aromatic heterocycles. The van der Waals surface area contributed by atoms with Gasteiger partial charge >= 0.3 is 0 Å². The van der Waals surface area contributed by atoms with Crippen molar-refractivity contribution in [2.24, 2.45) is 0 Å². The van der Waals surface area contributed by atoms with Gasteiger partial charge in [0.2, 0.25) is 11.8 Å². The molecule has 6 nitrogen and oxygen atoms in total. The van der Waals surface area contributed by atoms with Crippen LogP contribution in [0.25, 0.3) is 10.9 Å². The van der Waals surface area contributed by atoms with Crippen LogP contribution in [0, 0.1) is 0 Å². The van der Waals surface area contributed by atoms with Crippen LogP contribution in [0.4, 0.5) is 0 Å². The molecule has 0 atom stereocenters. The SMILES string of the molecule is O=C1CN(C(=O)Cn2ccc3cc(OCc4ccccc4)ccc32)CCN1. The van der Waals surface area contributed by atoms with Crippen molar-refractivity contribution in [3.63, 3.8) is 0 Å². The Balaban J connectivity index is 1.44. The Morgan fingerprint density at radius 3 is 2.78 bits per heavy atom. The van der Waals surface area contributed by atoms with Gasteiger partial charge in [-0.25, -0.2) is 0 Å². The Morgan fingerprint density at radius 2 is 1.96 bits per heavy atom. The standard InChI is InChI=1S/C21H21N3O3/c25-20-13-24(11-9-22-20)21(26)14-23-10-8-17-12-18(6-7-19(17)23)27-15-16-4-2-1-3-5-16/h1-8,10,12H,9,11,13-15H2,(H,22,25). The van der Waals surface area contributed by atoms with E-state index in [1.165, 1.54) is 0 Å². The summed E-state index contributed by atoms with van der Waals surface area (Å²) < 4.78 is 7.78. The van der Waals surface area contributed by atoms with Crippen LogP contribution in [0.15, 0.2) is 60.8 Å². The molecule has 2 aromatic carbocycles. The van der Waals surface area contributed by atoms with Crippen LogP contribution in [0.3, 0.4) is 0 Å². The molecule has 2 amide bonds. The molecule has 0 saturated carbocycles. The van der Waals surface area contributed by atoms with Crippen LogP contribution >= 0.6 is 0 Å². The fraction of sp³-hybridized carbons (Fsp3) is 0.238. The van der Waals surface area contributed by atoms with Crippen molar-refractivity contribution in [2.45, 2.75) is 13.2 Å². The predicted octanol–water partition coefficient (Wildman–Crippen LogP) is 2.18. The molecule has 0 bridgehead atoms. The highest BCUT2D eigenvalue weighted by Gasteiger charge is 2.21. The van der Waals surface area contributed by atoms with E-state index >= 15 is 0 Å². The van der Waals surface area contributed by atoms with Crippen molar-refractivity contribution in [1.29, 1.82) is 0 Å². The fourth-order valence-corrected chi connectivity index (χ4v) is 3.24. The normalized spacial score (nSPS) is 14.2. The van der Waals surface area contributed by atoms with Crippen LogP contribution in [0.1, 0.15) is 5.56 Å². The van der Waals surface area contributed by atoms with Gasteiger partial charge in [-0.15, -0.1) is 0 Å². The number of hydrogen-bond donors (Lipinski definition) is 1. The van der Waals surface area contributed by atoms with E-state index in [1.807, 2.05) is 65.4 Å². The third-order valence-electron chi connectivity index (χ3n) is 4.69. The fourth-order valence-electron chi connectivity index (χ4n) is 3.24. The molecule has 3 aromatic rings. The second-order valence-corrected chi connectivity index (χ2v) is 6.60. The Labute approximate surface area is 157 Å². The minimum Gasteiger partial charge on any atom is -0.489 e. The number of nitrogens with zero attached hydrogens (tertiary/aromatic N) is 2. The number of amides is 2. The monoisotopic (exact) mass is 363 g/mol. The minimum absolute atomic E-state index is 0.0493. The Bertz CT molecular complexity index is 965. The molecule has 27 heavy (non-hydrogen) atoms. The number of nitrogens with one attached hydrogen (secondary N) is 1. The average Bonchev–Trinajstić information content (AvgIpc) is 3.09. The number of aromatic nitrogens is 1. The average molecular weight is 363 g/mol. The quantitative estimate of drug-likeness (QED) is 0.756. The highest BCUT2D eigenvalue weighted by atomic mass is 16.5. The van der Waals surface area contributed by atoms with Crippen molar-refractivity contribution in [3.8, 4) is 5.75 Å². The summed E-state index contributed by atoms with van der Waals surface area (Å²) in [5, 5.41) is 3.75. The predicted molar refractivity (Wildman–Crippen MR) is 102 cm³/mol. The summed E-state index contributed by atoms with van der Waals surface area (Å²) in [5.41, 5.74) is 2.09. The summed E-state index contributed by atoms with van der Waals surface area (Å²) >= 11 is 0. The number of carbonyl (C=O) groups excluding carboxylic acids is 2. The van der Waals surface area contributed by atoms with Gasteiger partial charge in [-0.2, -0.15) is 0 Å². The van der Waals surface area contributed by atoms with Crippen molar-refractivity contribution in [3.05, 3.63) is 66.4 Å². The van der Waals surface area contributed by atoms with Gasteiger partial charge in [-0.1, -0.05) is 30.3 Å². The summed E-state index contributed by atoms with van der Waals surface area (Å²) in [6.07, 6.45) is 1.90. The third kappa shape index (κ3) is 3.95. The first kappa shape index (κ1) is 17.1. The lowest BCUT2D eigenvalue weighted by molar-refractivity contribution is -0.138. The first-order valence-electron chi connectivity index (χ1n) is 8.99. The lowest BCUT2D eigenvalue weighted by Gasteiger charge is -2.26. The lowest BCUT2D eigenvalue weighted by atomic mass is 10.2. The first-order chi connectivity index (χ1) is 13.2. The van der Waals surface area contributed by atoms with E-state index in [2.05, 4.69) is 5.32 Å². The zero-order valence-electron chi connectivity index (χ0n) is 14.9. The third-order valence-corrected chi connectivity index (χ3v) is 4.69. The maximum atomic E-state index is 12.5. The maximum absolute atomic E-state index is 12.5. The summed E-state index contributed by atoms with van der Waals surface area (Å²) in [5.74, 6) is 0.641. The Morgan fingerprint density at radius 1 is 1.11 bits per heavy atom. The topological polar surface area (TPSA) is 63.6 Å². The number of rotatable bonds is 5. The molecule has 1 fully saturated rings. The van der Waals surface area contributed by atoms with Gasteiger partial charge in [-0.05, 0) is 29.8 Å². The first-order valence-corrected chi connectivity index (χ1v) is 8.99. The molecule has 0 radical (unpaired) electrons. The van der Waals surface area contributed by atoms with Gasteiger partial charge in [-0.3, -0.25) is 9.59 Å². The van der Waals surface area contributed by atoms with Crippen molar-refractivity contribution in [2.75, 3.05) is 19.6 Å². The van der Waals surface area contributed by atoms with E-state index in [0.29, 0.717) is 19.7 Å². The van der Waals surface area contributed by atoms with Crippen LogP contribution < -0.4 is 10.1 Å². The van der Waals surface area contributed by atoms with Gasteiger partial charge in [0.25, 0.3) is 0 Å². The van der Waals surface area contributed by atoms with E-state index in [1.54, 1.807) is 4.90 Å². The molecule has 1 aliphatic rings. The van der Waals surface area contributed by atoms with Gasteiger partial charge in [0.1, 0.15) is 18.9 Å². The van der Waals surface area contributed by atoms with E-state index in [9.17, 15) is 9.59 Å². The molecule has 2 heterocycles. The Kier molecular flexibility index (Phi) is 4.78. The van der Waals surface area contributed by atoms with E-state index in [0.717, 1.165) is 22.2 Å².